The van der Waals surface area contributed by atoms with Crippen molar-refractivity contribution in [1.82, 2.24) is 25.0 Å². The zero-order valence-corrected chi connectivity index (χ0v) is 15.4. The summed E-state index contributed by atoms with van der Waals surface area (Å²) in [4.78, 5) is 3.20. The highest BCUT2D eigenvalue weighted by molar-refractivity contribution is 7.98. The van der Waals surface area contributed by atoms with Gasteiger partial charge in [-0.25, -0.2) is 9.07 Å². The molecule has 0 bridgehead atoms. The van der Waals surface area contributed by atoms with Crippen LogP contribution in [0.25, 0.3) is 28.0 Å². The van der Waals surface area contributed by atoms with Crippen molar-refractivity contribution in [3.05, 3.63) is 78.5 Å². The van der Waals surface area contributed by atoms with E-state index in [1.807, 2.05) is 36.5 Å². The molecule has 0 saturated carbocycles. The third-order valence-electron chi connectivity index (χ3n) is 4.29. The minimum atomic E-state index is -0.292. The van der Waals surface area contributed by atoms with Crippen LogP contribution in [0.2, 0.25) is 0 Å². The average Bonchev–Trinajstić information content (AvgIpc) is 3.45. The molecule has 3 heterocycles. The Morgan fingerprint density at radius 1 is 1.07 bits per heavy atom. The largest absolute Gasteiger partial charge is 0.411 e. The molecule has 0 unspecified atom stereocenters. The standard InChI is InChI=1S/C20H14FN5OS/c21-13-4-3-5-15(10-13)26-9-8-14(25-26)12-28-20-24-23-19(27-20)17-11-22-18-7-2-1-6-16(17)18/h1-11,22H,12H2. The van der Waals surface area contributed by atoms with Crippen LogP contribution in [-0.2, 0) is 5.75 Å². The van der Waals surface area contributed by atoms with Crippen LogP contribution in [0.1, 0.15) is 5.69 Å². The summed E-state index contributed by atoms with van der Waals surface area (Å²) in [6.45, 7) is 0. The van der Waals surface area contributed by atoms with E-state index in [0.29, 0.717) is 22.6 Å². The van der Waals surface area contributed by atoms with Crippen LogP contribution >= 0.6 is 11.8 Å². The van der Waals surface area contributed by atoms with E-state index >= 15 is 0 Å². The molecule has 28 heavy (non-hydrogen) atoms. The van der Waals surface area contributed by atoms with E-state index in [2.05, 4.69) is 20.3 Å². The molecule has 8 heteroatoms. The van der Waals surface area contributed by atoms with E-state index in [4.69, 9.17) is 4.42 Å². The summed E-state index contributed by atoms with van der Waals surface area (Å²) in [6.07, 6.45) is 3.67. The van der Waals surface area contributed by atoms with Gasteiger partial charge in [-0.05, 0) is 30.3 Å². The molecule has 138 valence electrons. The molecule has 0 fully saturated rings. The second kappa shape index (κ2) is 6.97. The van der Waals surface area contributed by atoms with Gasteiger partial charge in [-0.2, -0.15) is 5.10 Å². The first-order chi connectivity index (χ1) is 13.8. The molecular formula is C20H14FN5OS. The van der Waals surface area contributed by atoms with Gasteiger partial charge >= 0.3 is 0 Å². The molecule has 5 aromatic rings. The Labute approximate surface area is 163 Å². The molecule has 3 aromatic heterocycles. The van der Waals surface area contributed by atoms with Gasteiger partial charge in [0.15, 0.2) is 0 Å². The molecule has 0 amide bonds. The van der Waals surface area contributed by atoms with E-state index in [-0.39, 0.29) is 5.82 Å². The lowest BCUT2D eigenvalue weighted by Crippen LogP contribution is -1.96. The number of para-hydroxylation sites is 1. The van der Waals surface area contributed by atoms with Crippen molar-refractivity contribution in [3.8, 4) is 17.1 Å². The van der Waals surface area contributed by atoms with Crippen LogP contribution in [0, 0.1) is 5.82 Å². The van der Waals surface area contributed by atoms with Gasteiger partial charge in [0.25, 0.3) is 11.1 Å². The van der Waals surface area contributed by atoms with Gasteiger partial charge in [-0.1, -0.05) is 36.0 Å². The highest BCUT2D eigenvalue weighted by atomic mass is 32.2. The summed E-state index contributed by atoms with van der Waals surface area (Å²) in [5, 5.41) is 14.3. The summed E-state index contributed by atoms with van der Waals surface area (Å²) in [7, 11) is 0. The van der Waals surface area contributed by atoms with Crippen molar-refractivity contribution in [2.24, 2.45) is 0 Å². The average molecular weight is 391 g/mol. The van der Waals surface area contributed by atoms with Gasteiger partial charge in [0, 0.05) is 29.0 Å². The Morgan fingerprint density at radius 3 is 2.93 bits per heavy atom. The SMILES string of the molecule is Fc1cccc(-n2ccc(CSc3nnc(-c4c[nH]c5ccccc45)o3)n2)c1. The van der Waals surface area contributed by atoms with Crippen molar-refractivity contribution in [2.75, 3.05) is 0 Å². The van der Waals surface area contributed by atoms with Crippen molar-refractivity contribution < 1.29 is 8.81 Å². The van der Waals surface area contributed by atoms with Crippen molar-refractivity contribution in [1.29, 1.82) is 0 Å². The summed E-state index contributed by atoms with van der Waals surface area (Å²) in [5.41, 5.74) is 3.41. The highest BCUT2D eigenvalue weighted by Gasteiger charge is 2.14. The van der Waals surface area contributed by atoms with E-state index in [1.54, 1.807) is 23.0 Å². The van der Waals surface area contributed by atoms with Gasteiger partial charge in [0.1, 0.15) is 5.82 Å². The van der Waals surface area contributed by atoms with Crippen molar-refractivity contribution >= 4 is 22.7 Å². The maximum Gasteiger partial charge on any atom is 0.277 e. The van der Waals surface area contributed by atoms with E-state index < -0.39 is 0 Å². The number of halogens is 1. The van der Waals surface area contributed by atoms with Crippen LogP contribution < -0.4 is 0 Å². The second-order valence-corrected chi connectivity index (χ2v) is 7.07. The lowest BCUT2D eigenvalue weighted by Gasteiger charge is -2.00. The number of fused-ring (bicyclic) bond motifs is 1. The fraction of sp³-hybridized carbons (Fsp3) is 0.0500. The zero-order valence-electron chi connectivity index (χ0n) is 14.5. The number of benzene rings is 2. The summed E-state index contributed by atoms with van der Waals surface area (Å²) < 4.78 is 20.8. The van der Waals surface area contributed by atoms with Gasteiger partial charge in [-0.3, -0.25) is 0 Å². The van der Waals surface area contributed by atoms with Crippen molar-refractivity contribution in [3.63, 3.8) is 0 Å². The van der Waals surface area contributed by atoms with E-state index in [0.717, 1.165) is 22.2 Å². The number of aromatic amines is 1. The van der Waals surface area contributed by atoms with E-state index in [9.17, 15) is 4.39 Å². The molecule has 0 aliphatic rings. The summed E-state index contributed by atoms with van der Waals surface area (Å²) in [5.74, 6) is 0.752. The molecule has 0 spiro atoms. The second-order valence-electron chi connectivity index (χ2n) is 6.14. The number of rotatable bonds is 5. The maximum atomic E-state index is 13.4. The Morgan fingerprint density at radius 2 is 2.00 bits per heavy atom. The number of aromatic nitrogens is 5. The topological polar surface area (TPSA) is 72.5 Å². The molecule has 2 aromatic carbocycles. The normalized spacial score (nSPS) is 11.3. The fourth-order valence-electron chi connectivity index (χ4n) is 2.96. The molecule has 5 rings (SSSR count). The van der Waals surface area contributed by atoms with Crippen LogP contribution in [0.3, 0.4) is 0 Å². The van der Waals surface area contributed by atoms with Crippen molar-refractivity contribution in [2.45, 2.75) is 11.0 Å². The number of hydrogen-bond donors (Lipinski definition) is 1. The van der Waals surface area contributed by atoms with Crippen LogP contribution in [-0.4, -0.2) is 25.0 Å². The quantitative estimate of drug-likeness (QED) is 0.434. The minimum Gasteiger partial charge on any atom is -0.411 e. The smallest absolute Gasteiger partial charge is 0.277 e. The third-order valence-corrected chi connectivity index (χ3v) is 5.14. The zero-order chi connectivity index (χ0) is 18.9. The van der Waals surface area contributed by atoms with Crippen LogP contribution in [0.4, 0.5) is 4.39 Å². The fourth-order valence-corrected chi connectivity index (χ4v) is 3.62. The molecule has 0 saturated heterocycles. The lowest BCUT2D eigenvalue weighted by molar-refractivity contribution is 0.466. The monoisotopic (exact) mass is 391 g/mol. The Hall–Kier alpha value is -3.39. The number of nitrogens with one attached hydrogen (secondary N) is 1. The number of thioether (sulfide) groups is 1. The Balaban J connectivity index is 1.31. The Bertz CT molecular complexity index is 1260. The molecule has 0 aliphatic heterocycles. The first-order valence-corrected chi connectivity index (χ1v) is 9.58. The van der Waals surface area contributed by atoms with Gasteiger partial charge < -0.3 is 9.40 Å². The van der Waals surface area contributed by atoms with Gasteiger partial charge in [0.2, 0.25) is 0 Å². The number of nitrogens with zero attached hydrogens (tertiary/aromatic N) is 4. The van der Waals surface area contributed by atoms with E-state index in [1.165, 1.54) is 23.9 Å². The van der Waals surface area contributed by atoms with Crippen LogP contribution in [0.5, 0.6) is 0 Å². The molecule has 0 radical (unpaired) electrons. The molecule has 0 aliphatic carbocycles. The maximum absolute atomic E-state index is 13.4. The first-order valence-electron chi connectivity index (χ1n) is 8.59. The van der Waals surface area contributed by atoms with Gasteiger partial charge in [0.05, 0.1) is 16.9 Å². The Kier molecular flexibility index (Phi) is 4.17. The molecule has 0 atom stereocenters. The molecule has 6 nitrogen and oxygen atoms in total. The third kappa shape index (κ3) is 3.18. The summed E-state index contributed by atoms with van der Waals surface area (Å²) in [6, 6.07) is 16.1. The van der Waals surface area contributed by atoms with Gasteiger partial charge in [-0.15, -0.1) is 10.2 Å². The lowest BCUT2D eigenvalue weighted by atomic mass is 10.2. The molecule has 1 N–H and O–H groups in total. The molecular weight excluding hydrogens is 377 g/mol. The summed E-state index contributed by atoms with van der Waals surface area (Å²) >= 11 is 1.41. The van der Waals surface area contributed by atoms with Crippen LogP contribution in [0.15, 0.2) is 76.6 Å². The number of H-pyrrole nitrogens is 1. The minimum absolute atomic E-state index is 0.292. The predicted octanol–water partition coefficient (Wildman–Crippen LogP) is 4.84. The first kappa shape index (κ1) is 16.8. The number of hydrogen-bond acceptors (Lipinski definition) is 5. The highest BCUT2D eigenvalue weighted by Crippen LogP contribution is 2.30. The predicted molar refractivity (Wildman–Crippen MR) is 105 cm³/mol.